The number of thiazole rings is 1. The van der Waals surface area contributed by atoms with Gasteiger partial charge in [0.15, 0.2) is 0 Å². The molecule has 25 heavy (non-hydrogen) atoms. The van der Waals surface area contributed by atoms with E-state index in [2.05, 4.69) is 15.4 Å². The minimum absolute atomic E-state index is 0.256. The lowest BCUT2D eigenvalue weighted by atomic mass is 10.1. The summed E-state index contributed by atoms with van der Waals surface area (Å²) >= 11 is 7.76. The van der Waals surface area contributed by atoms with Crippen LogP contribution >= 0.6 is 22.9 Å². The lowest BCUT2D eigenvalue weighted by Gasteiger charge is -2.12. The highest BCUT2D eigenvalue weighted by atomic mass is 35.5. The molecule has 3 heterocycles. The predicted molar refractivity (Wildman–Crippen MR) is 96.6 cm³/mol. The summed E-state index contributed by atoms with van der Waals surface area (Å²) < 4.78 is 16.0. The summed E-state index contributed by atoms with van der Waals surface area (Å²) in [5.41, 5.74) is 1.19. The zero-order valence-corrected chi connectivity index (χ0v) is 15.2. The normalized spacial score (nSPS) is 17.3. The van der Waals surface area contributed by atoms with Crippen LogP contribution in [0.1, 0.15) is 28.7 Å². The van der Waals surface area contributed by atoms with Crippen LogP contribution in [0.5, 0.6) is 0 Å². The Labute approximate surface area is 153 Å². The lowest BCUT2D eigenvalue weighted by Crippen LogP contribution is -2.15. The van der Waals surface area contributed by atoms with Crippen molar-refractivity contribution in [1.29, 1.82) is 0 Å². The number of benzene rings is 1. The zero-order chi connectivity index (χ0) is 17.4. The standard InChI is InChI=1S/C17H17ClFN5S/c1-10-21-15(9-25-10)16-22-17(11-5-6-20-7-11)24(23-16)8-12-13(18)3-2-4-14(12)19/h2-4,9,11,20H,5-8H2,1H3. The molecule has 0 aliphatic carbocycles. The fourth-order valence-corrected chi connectivity index (χ4v) is 3.87. The Morgan fingerprint density at radius 2 is 2.28 bits per heavy atom. The van der Waals surface area contributed by atoms with Gasteiger partial charge in [0.2, 0.25) is 5.82 Å². The molecule has 130 valence electrons. The highest BCUT2D eigenvalue weighted by molar-refractivity contribution is 7.09. The van der Waals surface area contributed by atoms with Crippen LogP contribution in [-0.2, 0) is 6.54 Å². The van der Waals surface area contributed by atoms with E-state index in [1.165, 1.54) is 6.07 Å². The van der Waals surface area contributed by atoms with Gasteiger partial charge in [-0.15, -0.1) is 16.4 Å². The Kier molecular flexibility index (Phi) is 4.54. The second-order valence-electron chi connectivity index (χ2n) is 6.09. The molecule has 1 unspecified atom stereocenters. The molecule has 1 aromatic carbocycles. The van der Waals surface area contributed by atoms with Crippen molar-refractivity contribution in [3.05, 3.63) is 50.8 Å². The van der Waals surface area contributed by atoms with Gasteiger partial charge in [0.25, 0.3) is 0 Å². The molecule has 0 spiro atoms. The van der Waals surface area contributed by atoms with Crippen LogP contribution in [0, 0.1) is 12.7 Å². The molecule has 1 N–H and O–H groups in total. The Morgan fingerprint density at radius 3 is 2.96 bits per heavy atom. The Bertz CT molecular complexity index is 880. The Hall–Kier alpha value is -1.83. The molecule has 2 aromatic heterocycles. The SMILES string of the molecule is Cc1nc(-c2nc(C3CCNC3)n(Cc3c(F)cccc3Cl)n2)cs1. The molecule has 1 saturated heterocycles. The highest BCUT2D eigenvalue weighted by Gasteiger charge is 2.25. The molecule has 5 nitrogen and oxygen atoms in total. The molecule has 0 amide bonds. The Morgan fingerprint density at radius 1 is 1.40 bits per heavy atom. The van der Waals surface area contributed by atoms with Gasteiger partial charge in [-0.3, -0.25) is 0 Å². The lowest BCUT2D eigenvalue weighted by molar-refractivity contribution is 0.553. The van der Waals surface area contributed by atoms with Gasteiger partial charge in [-0.2, -0.15) is 0 Å². The maximum Gasteiger partial charge on any atom is 0.200 e. The topological polar surface area (TPSA) is 55.6 Å². The van der Waals surface area contributed by atoms with Crippen molar-refractivity contribution < 1.29 is 4.39 Å². The van der Waals surface area contributed by atoms with Crippen LogP contribution < -0.4 is 5.32 Å². The van der Waals surface area contributed by atoms with Gasteiger partial charge >= 0.3 is 0 Å². The van der Waals surface area contributed by atoms with Crippen LogP contribution in [0.15, 0.2) is 23.6 Å². The van der Waals surface area contributed by atoms with E-state index in [-0.39, 0.29) is 18.3 Å². The van der Waals surface area contributed by atoms with Gasteiger partial charge in [0.1, 0.15) is 17.3 Å². The first-order valence-corrected chi connectivity index (χ1v) is 9.38. The van der Waals surface area contributed by atoms with Gasteiger partial charge in [0, 0.05) is 28.4 Å². The number of aryl methyl sites for hydroxylation is 1. The highest BCUT2D eigenvalue weighted by Crippen LogP contribution is 2.27. The number of rotatable bonds is 4. The molecular weight excluding hydrogens is 361 g/mol. The molecule has 0 radical (unpaired) electrons. The summed E-state index contributed by atoms with van der Waals surface area (Å²) in [4.78, 5) is 9.19. The van der Waals surface area contributed by atoms with Crippen LogP contribution in [0.25, 0.3) is 11.5 Å². The number of hydrogen-bond donors (Lipinski definition) is 1. The van der Waals surface area contributed by atoms with Crippen LogP contribution in [0.4, 0.5) is 4.39 Å². The van der Waals surface area contributed by atoms with Gasteiger partial charge in [-0.1, -0.05) is 17.7 Å². The van der Waals surface area contributed by atoms with E-state index in [1.807, 2.05) is 12.3 Å². The number of halogens is 2. The molecule has 0 bridgehead atoms. The molecule has 1 fully saturated rings. The molecule has 1 aliphatic heterocycles. The van der Waals surface area contributed by atoms with Gasteiger partial charge in [0.05, 0.1) is 11.6 Å². The third-order valence-electron chi connectivity index (χ3n) is 4.34. The maximum atomic E-state index is 14.2. The monoisotopic (exact) mass is 377 g/mol. The number of aromatic nitrogens is 4. The summed E-state index contributed by atoms with van der Waals surface area (Å²) in [6.45, 7) is 4.00. The molecule has 1 atom stereocenters. The van der Waals surface area contributed by atoms with E-state index in [0.717, 1.165) is 36.0 Å². The molecule has 1 aliphatic rings. The number of hydrogen-bond acceptors (Lipinski definition) is 5. The summed E-state index contributed by atoms with van der Waals surface area (Å²) in [6.07, 6.45) is 0.985. The number of nitrogens with zero attached hydrogens (tertiary/aromatic N) is 4. The minimum Gasteiger partial charge on any atom is -0.316 e. The van der Waals surface area contributed by atoms with Gasteiger partial charge in [-0.05, 0) is 32.0 Å². The van der Waals surface area contributed by atoms with Gasteiger partial charge in [-0.25, -0.2) is 19.0 Å². The number of nitrogens with one attached hydrogen (secondary N) is 1. The first-order valence-electron chi connectivity index (χ1n) is 8.12. The van der Waals surface area contributed by atoms with E-state index >= 15 is 0 Å². The van der Waals surface area contributed by atoms with Crippen LogP contribution in [-0.4, -0.2) is 32.8 Å². The van der Waals surface area contributed by atoms with Crippen molar-refractivity contribution in [3.63, 3.8) is 0 Å². The van der Waals surface area contributed by atoms with Crippen molar-refractivity contribution in [2.24, 2.45) is 0 Å². The molecular formula is C17H17ClFN5S. The molecule has 0 saturated carbocycles. The first-order chi connectivity index (χ1) is 12.1. The summed E-state index contributed by atoms with van der Waals surface area (Å²) in [6, 6.07) is 4.71. The van der Waals surface area contributed by atoms with Crippen molar-refractivity contribution in [3.8, 4) is 11.5 Å². The van der Waals surface area contributed by atoms with E-state index in [4.69, 9.17) is 16.6 Å². The second kappa shape index (κ2) is 6.82. The third kappa shape index (κ3) is 3.31. The summed E-state index contributed by atoms with van der Waals surface area (Å²) in [5.74, 6) is 1.36. The molecule has 4 rings (SSSR count). The third-order valence-corrected chi connectivity index (χ3v) is 5.47. The molecule has 3 aromatic rings. The quantitative estimate of drug-likeness (QED) is 0.754. The average molecular weight is 378 g/mol. The minimum atomic E-state index is -0.329. The fourth-order valence-electron chi connectivity index (χ4n) is 3.06. The van der Waals surface area contributed by atoms with E-state index < -0.39 is 0 Å². The summed E-state index contributed by atoms with van der Waals surface area (Å²) in [7, 11) is 0. The van der Waals surface area contributed by atoms with Crippen LogP contribution in [0.2, 0.25) is 5.02 Å². The largest absolute Gasteiger partial charge is 0.316 e. The first kappa shape index (κ1) is 16.6. The second-order valence-corrected chi connectivity index (χ2v) is 7.56. The summed E-state index contributed by atoms with van der Waals surface area (Å²) in [5, 5.41) is 11.3. The van der Waals surface area contributed by atoms with Crippen molar-refractivity contribution in [1.82, 2.24) is 25.1 Å². The zero-order valence-electron chi connectivity index (χ0n) is 13.7. The van der Waals surface area contributed by atoms with E-state index in [9.17, 15) is 4.39 Å². The fraction of sp³-hybridized carbons (Fsp3) is 0.353. The van der Waals surface area contributed by atoms with Crippen LogP contribution in [0.3, 0.4) is 0 Å². The maximum absolute atomic E-state index is 14.2. The van der Waals surface area contributed by atoms with E-state index in [1.54, 1.807) is 28.2 Å². The average Bonchev–Trinajstić information content (AvgIpc) is 3.31. The predicted octanol–water partition coefficient (Wildman–Crippen LogP) is 3.63. The smallest absolute Gasteiger partial charge is 0.200 e. The van der Waals surface area contributed by atoms with Gasteiger partial charge < -0.3 is 5.32 Å². The molecule has 8 heteroatoms. The Balaban J connectivity index is 1.75. The van der Waals surface area contributed by atoms with E-state index in [0.29, 0.717) is 16.4 Å². The van der Waals surface area contributed by atoms with Crippen molar-refractivity contribution in [2.45, 2.75) is 25.8 Å². The van der Waals surface area contributed by atoms with Crippen molar-refractivity contribution in [2.75, 3.05) is 13.1 Å². The van der Waals surface area contributed by atoms with Crippen molar-refractivity contribution >= 4 is 22.9 Å².